The smallest absolute Gasteiger partial charge is 0.240 e. The highest BCUT2D eigenvalue weighted by molar-refractivity contribution is 8.00. The number of amides is 1. The average Bonchev–Trinajstić information content (AvgIpc) is 3.26. The van der Waals surface area contributed by atoms with Crippen LogP contribution in [0.4, 0.5) is 0 Å². The maximum atomic E-state index is 13.1. The number of hydrogen-bond acceptors (Lipinski definition) is 5. The van der Waals surface area contributed by atoms with Crippen molar-refractivity contribution in [1.29, 1.82) is 0 Å². The minimum absolute atomic E-state index is 0.0326. The first-order chi connectivity index (χ1) is 16.0. The molecule has 1 amide bonds. The van der Waals surface area contributed by atoms with Crippen molar-refractivity contribution >= 4 is 29.3 Å². The van der Waals surface area contributed by atoms with Crippen LogP contribution in [0.3, 0.4) is 0 Å². The molecule has 4 rings (SSSR count). The summed E-state index contributed by atoms with van der Waals surface area (Å²) in [6.45, 7) is 0. The summed E-state index contributed by atoms with van der Waals surface area (Å²) in [5.74, 6) is 1.20. The summed E-state index contributed by atoms with van der Waals surface area (Å²) in [5, 5.41) is 9.53. The lowest BCUT2D eigenvalue weighted by Crippen LogP contribution is -2.27. The topological polar surface area (TPSA) is 60.2 Å². The zero-order valence-electron chi connectivity index (χ0n) is 18.5. The van der Waals surface area contributed by atoms with E-state index in [0.29, 0.717) is 21.8 Å². The van der Waals surface area contributed by atoms with Crippen LogP contribution in [0.5, 0.6) is 5.75 Å². The predicted molar refractivity (Wildman–Crippen MR) is 132 cm³/mol. The second kappa shape index (κ2) is 10.1. The summed E-state index contributed by atoms with van der Waals surface area (Å²) in [7, 11) is 5.08. The Morgan fingerprint density at radius 1 is 1.00 bits per heavy atom. The lowest BCUT2D eigenvalue weighted by atomic mass is 10.1. The molecule has 1 aromatic heterocycles. The van der Waals surface area contributed by atoms with Gasteiger partial charge in [0, 0.05) is 19.7 Å². The molecule has 3 aromatic carbocycles. The first-order valence-corrected chi connectivity index (χ1v) is 11.5. The first-order valence-electron chi connectivity index (χ1n) is 10.3. The van der Waals surface area contributed by atoms with E-state index in [1.54, 1.807) is 32.2 Å². The number of aromatic nitrogens is 3. The molecule has 0 aliphatic rings. The van der Waals surface area contributed by atoms with Crippen LogP contribution in [-0.2, 0) is 4.79 Å². The number of thioether (sulfide) groups is 1. The number of ether oxygens (including phenoxy) is 1. The summed E-state index contributed by atoms with van der Waals surface area (Å²) < 4.78 is 7.24. The van der Waals surface area contributed by atoms with E-state index in [2.05, 4.69) is 10.2 Å². The zero-order chi connectivity index (χ0) is 23.4. The van der Waals surface area contributed by atoms with E-state index in [1.165, 1.54) is 11.8 Å². The standard InChI is InChI=1S/C25H23ClN4O2S/c1-29(2)24(31)22(17-10-6-4-7-11-17)33-25-28-27-23(18-12-8-5-9-13-18)30(25)19-14-15-21(32-3)20(26)16-19/h4-16,22H,1-3H3/t22-/m1/s1. The van der Waals surface area contributed by atoms with Gasteiger partial charge in [0.05, 0.1) is 17.8 Å². The van der Waals surface area contributed by atoms with E-state index >= 15 is 0 Å². The Morgan fingerprint density at radius 3 is 2.27 bits per heavy atom. The molecular formula is C25H23ClN4O2S. The van der Waals surface area contributed by atoms with Crippen molar-refractivity contribution in [3.8, 4) is 22.8 Å². The van der Waals surface area contributed by atoms with Gasteiger partial charge in [-0.15, -0.1) is 10.2 Å². The van der Waals surface area contributed by atoms with Gasteiger partial charge in [-0.2, -0.15) is 0 Å². The largest absolute Gasteiger partial charge is 0.495 e. The van der Waals surface area contributed by atoms with Crippen LogP contribution >= 0.6 is 23.4 Å². The highest BCUT2D eigenvalue weighted by Gasteiger charge is 2.27. The van der Waals surface area contributed by atoms with Gasteiger partial charge >= 0.3 is 0 Å². The maximum absolute atomic E-state index is 13.1. The Balaban J connectivity index is 1.85. The van der Waals surface area contributed by atoms with Gasteiger partial charge < -0.3 is 9.64 Å². The molecular weight excluding hydrogens is 456 g/mol. The Bertz CT molecular complexity index is 1250. The molecule has 1 atom stereocenters. The van der Waals surface area contributed by atoms with Gasteiger partial charge in [-0.25, -0.2) is 0 Å². The van der Waals surface area contributed by atoms with Crippen molar-refractivity contribution in [1.82, 2.24) is 19.7 Å². The first kappa shape index (κ1) is 22.9. The molecule has 0 spiro atoms. The molecule has 0 N–H and O–H groups in total. The van der Waals surface area contributed by atoms with Crippen LogP contribution in [-0.4, -0.2) is 46.8 Å². The van der Waals surface area contributed by atoms with Crippen LogP contribution in [0.2, 0.25) is 5.02 Å². The quantitative estimate of drug-likeness (QED) is 0.327. The normalized spacial score (nSPS) is 11.8. The van der Waals surface area contributed by atoms with Crippen molar-refractivity contribution in [3.05, 3.63) is 89.4 Å². The van der Waals surface area contributed by atoms with Crippen LogP contribution in [0.25, 0.3) is 17.1 Å². The van der Waals surface area contributed by atoms with Gasteiger partial charge in [-0.3, -0.25) is 9.36 Å². The molecule has 0 bridgehead atoms. The zero-order valence-corrected chi connectivity index (χ0v) is 20.0. The molecule has 0 aliphatic heterocycles. The second-order valence-electron chi connectivity index (χ2n) is 7.47. The van der Waals surface area contributed by atoms with Gasteiger partial charge in [-0.05, 0) is 23.8 Å². The summed E-state index contributed by atoms with van der Waals surface area (Å²) >= 11 is 7.80. The number of benzene rings is 3. The molecule has 6 nitrogen and oxygen atoms in total. The molecule has 0 unspecified atom stereocenters. The molecule has 4 aromatic rings. The fourth-order valence-electron chi connectivity index (χ4n) is 3.38. The lowest BCUT2D eigenvalue weighted by Gasteiger charge is -2.21. The van der Waals surface area contributed by atoms with E-state index in [0.717, 1.165) is 16.8 Å². The van der Waals surface area contributed by atoms with Gasteiger partial charge in [0.15, 0.2) is 11.0 Å². The van der Waals surface area contributed by atoms with Crippen LogP contribution in [0.1, 0.15) is 10.8 Å². The third kappa shape index (κ3) is 4.89. The number of rotatable bonds is 7. The Kier molecular flexibility index (Phi) is 7.01. The molecule has 0 saturated carbocycles. The molecule has 0 radical (unpaired) electrons. The number of hydrogen-bond donors (Lipinski definition) is 0. The monoisotopic (exact) mass is 478 g/mol. The van der Waals surface area contributed by atoms with E-state index in [4.69, 9.17) is 16.3 Å². The average molecular weight is 479 g/mol. The molecule has 8 heteroatoms. The highest BCUT2D eigenvalue weighted by Crippen LogP contribution is 2.39. The van der Waals surface area contributed by atoms with E-state index < -0.39 is 5.25 Å². The van der Waals surface area contributed by atoms with Crippen molar-refractivity contribution in [3.63, 3.8) is 0 Å². The number of nitrogens with zero attached hydrogens (tertiary/aromatic N) is 4. The summed E-state index contributed by atoms with van der Waals surface area (Å²) in [6, 6.07) is 25.0. The van der Waals surface area contributed by atoms with Crippen molar-refractivity contribution in [2.75, 3.05) is 21.2 Å². The van der Waals surface area contributed by atoms with Crippen LogP contribution < -0.4 is 4.74 Å². The Labute approximate surface area is 202 Å². The van der Waals surface area contributed by atoms with Crippen LogP contribution in [0, 0.1) is 0 Å². The number of halogens is 1. The van der Waals surface area contributed by atoms with Crippen molar-refractivity contribution in [2.45, 2.75) is 10.4 Å². The fourth-order valence-corrected chi connectivity index (χ4v) is 4.83. The molecule has 1 heterocycles. The van der Waals surface area contributed by atoms with Crippen molar-refractivity contribution < 1.29 is 9.53 Å². The molecule has 33 heavy (non-hydrogen) atoms. The minimum Gasteiger partial charge on any atom is -0.495 e. The van der Waals surface area contributed by atoms with Crippen molar-refractivity contribution in [2.24, 2.45) is 0 Å². The third-order valence-electron chi connectivity index (χ3n) is 5.05. The van der Waals surface area contributed by atoms with Crippen LogP contribution in [0.15, 0.2) is 84.0 Å². The minimum atomic E-state index is -0.485. The van der Waals surface area contributed by atoms with E-state index in [9.17, 15) is 4.79 Å². The maximum Gasteiger partial charge on any atom is 0.240 e. The lowest BCUT2D eigenvalue weighted by molar-refractivity contribution is -0.128. The summed E-state index contributed by atoms with van der Waals surface area (Å²) in [4.78, 5) is 14.7. The third-order valence-corrected chi connectivity index (χ3v) is 6.53. The fraction of sp³-hybridized carbons (Fsp3) is 0.160. The van der Waals surface area contributed by atoms with Gasteiger partial charge in [0.1, 0.15) is 11.0 Å². The molecule has 0 saturated heterocycles. The second-order valence-corrected chi connectivity index (χ2v) is 8.95. The molecule has 0 fully saturated rings. The predicted octanol–water partition coefficient (Wildman–Crippen LogP) is 5.52. The van der Waals surface area contributed by atoms with Gasteiger partial charge in [0.25, 0.3) is 0 Å². The number of likely N-dealkylation sites (N-methyl/N-ethyl adjacent to an activating group) is 1. The van der Waals surface area contributed by atoms with Gasteiger partial charge in [-0.1, -0.05) is 84.0 Å². The highest BCUT2D eigenvalue weighted by atomic mass is 35.5. The van der Waals surface area contributed by atoms with Gasteiger partial charge in [0.2, 0.25) is 5.91 Å². The van der Waals surface area contributed by atoms with E-state index in [1.807, 2.05) is 77.4 Å². The Hall–Kier alpha value is -3.29. The SMILES string of the molecule is COc1ccc(-n2c(S[C@@H](C(=O)N(C)C)c3ccccc3)nnc2-c2ccccc2)cc1Cl. The summed E-state index contributed by atoms with van der Waals surface area (Å²) in [6.07, 6.45) is 0. The number of carbonyl (C=O) groups excluding carboxylic acids is 1. The molecule has 0 aliphatic carbocycles. The number of carbonyl (C=O) groups is 1. The van der Waals surface area contributed by atoms with E-state index in [-0.39, 0.29) is 5.91 Å². The molecule has 168 valence electrons. The number of methoxy groups -OCH3 is 1. The summed E-state index contributed by atoms with van der Waals surface area (Å²) in [5.41, 5.74) is 2.57. The Morgan fingerprint density at radius 2 is 1.67 bits per heavy atom.